The minimum atomic E-state index is -0.493. The molecule has 150 valence electrons. The lowest BCUT2D eigenvalue weighted by Crippen LogP contribution is -2.37. The van der Waals surface area contributed by atoms with Crippen LogP contribution < -0.4 is 10.6 Å². The van der Waals surface area contributed by atoms with Crippen LogP contribution >= 0.6 is 11.8 Å². The van der Waals surface area contributed by atoms with Gasteiger partial charge in [-0.1, -0.05) is 48.2 Å². The Morgan fingerprint density at radius 2 is 1.72 bits per heavy atom. The Bertz CT molecular complexity index is 984. The molecule has 0 aliphatic carbocycles. The number of carbonyl (C=O) groups excluding carboxylic acids is 2. The molecule has 1 atom stereocenters. The van der Waals surface area contributed by atoms with Gasteiger partial charge in [0.25, 0.3) is 5.22 Å². The highest BCUT2D eigenvalue weighted by Gasteiger charge is 2.19. The second-order valence-electron chi connectivity index (χ2n) is 6.53. The van der Waals surface area contributed by atoms with Crippen LogP contribution in [0, 0.1) is 13.8 Å². The lowest BCUT2D eigenvalue weighted by molar-refractivity contribution is -0.123. The van der Waals surface area contributed by atoms with Crippen molar-refractivity contribution in [3.05, 3.63) is 59.7 Å². The fraction of sp³-hybridized carbons (Fsp3) is 0.238. The number of aryl methyl sites for hydroxylation is 2. The largest absolute Gasteiger partial charge is 0.411 e. The molecule has 29 heavy (non-hydrogen) atoms. The zero-order valence-electron chi connectivity index (χ0n) is 16.4. The maximum Gasteiger partial charge on any atom is 0.277 e. The lowest BCUT2D eigenvalue weighted by atomic mass is 10.1. The molecule has 0 spiro atoms. The number of hydrogen-bond donors (Lipinski definition) is 2. The van der Waals surface area contributed by atoms with Crippen LogP contribution in [-0.4, -0.2) is 33.8 Å². The van der Waals surface area contributed by atoms with Crippen LogP contribution in [0.3, 0.4) is 0 Å². The Morgan fingerprint density at radius 1 is 1.03 bits per heavy atom. The van der Waals surface area contributed by atoms with Gasteiger partial charge in [0.2, 0.25) is 17.7 Å². The Kier molecular flexibility index (Phi) is 6.66. The summed E-state index contributed by atoms with van der Waals surface area (Å²) in [5, 5.41) is 13.3. The highest BCUT2D eigenvalue weighted by atomic mass is 32.2. The number of amides is 2. The van der Waals surface area contributed by atoms with Crippen LogP contribution in [0.2, 0.25) is 0 Å². The molecule has 0 aliphatic rings. The fourth-order valence-electron chi connectivity index (χ4n) is 2.67. The third kappa shape index (κ3) is 5.45. The number of aromatic nitrogens is 2. The predicted octanol–water partition coefficient (Wildman–Crippen LogP) is 3.59. The number of anilines is 1. The van der Waals surface area contributed by atoms with E-state index in [1.807, 2.05) is 62.4 Å². The second-order valence-corrected chi connectivity index (χ2v) is 7.82. The maximum atomic E-state index is 12.3. The van der Waals surface area contributed by atoms with E-state index >= 15 is 0 Å². The minimum Gasteiger partial charge on any atom is -0.411 e. The van der Waals surface area contributed by atoms with Crippen molar-refractivity contribution in [1.29, 1.82) is 0 Å². The number of nitrogens with one attached hydrogen (secondary N) is 2. The van der Waals surface area contributed by atoms with Crippen LogP contribution in [0.5, 0.6) is 0 Å². The summed E-state index contributed by atoms with van der Waals surface area (Å²) in [5.41, 5.74) is 3.53. The summed E-state index contributed by atoms with van der Waals surface area (Å²) in [7, 11) is 0. The molecule has 3 aromatic rings. The Balaban J connectivity index is 1.51. The van der Waals surface area contributed by atoms with Gasteiger partial charge in [-0.2, -0.15) is 0 Å². The summed E-state index contributed by atoms with van der Waals surface area (Å²) in [4.78, 5) is 24.5. The molecule has 1 aromatic heterocycles. The summed E-state index contributed by atoms with van der Waals surface area (Å²) in [6.07, 6.45) is 0. The van der Waals surface area contributed by atoms with E-state index < -0.39 is 5.25 Å². The van der Waals surface area contributed by atoms with Crippen molar-refractivity contribution in [3.8, 4) is 11.5 Å². The molecule has 3 rings (SSSR count). The van der Waals surface area contributed by atoms with Crippen LogP contribution in [0.15, 0.2) is 58.2 Å². The Labute approximate surface area is 173 Å². The summed E-state index contributed by atoms with van der Waals surface area (Å²) in [5.74, 6) is -0.170. The highest BCUT2D eigenvalue weighted by molar-refractivity contribution is 8.00. The van der Waals surface area contributed by atoms with E-state index in [0.717, 1.165) is 34.1 Å². The van der Waals surface area contributed by atoms with Crippen molar-refractivity contribution < 1.29 is 14.0 Å². The minimum absolute atomic E-state index is 0.114. The molecule has 0 saturated heterocycles. The van der Waals surface area contributed by atoms with E-state index in [1.165, 1.54) is 0 Å². The molecule has 7 nitrogen and oxygen atoms in total. The van der Waals surface area contributed by atoms with Gasteiger partial charge in [-0.25, -0.2) is 0 Å². The Hall–Kier alpha value is -3.13. The Morgan fingerprint density at radius 3 is 2.41 bits per heavy atom. The SMILES string of the molecule is Cc1cccc(C)c1NC(=O)CNC(=O)C(C)Sc1nnc(-c2ccccc2)o1. The van der Waals surface area contributed by atoms with Crippen LogP contribution in [0.1, 0.15) is 18.1 Å². The molecule has 1 heterocycles. The van der Waals surface area contributed by atoms with E-state index in [0.29, 0.717) is 11.1 Å². The highest BCUT2D eigenvalue weighted by Crippen LogP contribution is 2.26. The molecule has 2 aromatic carbocycles. The van der Waals surface area contributed by atoms with E-state index in [4.69, 9.17) is 4.42 Å². The molecule has 0 bridgehead atoms. The van der Waals surface area contributed by atoms with Crippen molar-refractivity contribution >= 4 is 29.3 Å². The van der Waals surface area contributed by atoms with Crippen molar-refractivity contribution in [2.75, 3.05) is 11.9 Å². The average Bonchev–Trinajstić information content (AvgIpc) is 3.18. The quantitative estimate of drug-likeness (QED) is 0.578. The molecule has 1 unspecified atom stereocenters. The van der Waals surface area contributed by atoms with Crippen molar-refractivity contribution in [3.63, 3.8) is 0 Å². The van der Waals surface area contributed by atoms with Gasteiger partial charge in [-0.05, 0) is 44.0 Å². The number of hydrogen-bond acceptors (Lipinski definition) is 6. The van der Waals surface area contributed by atoms with E-state index in [-0.39, 0.29) is 18.4 Å². The summed E-state index contributed by atoms with van der Waals surface area (Å²) in [6.45, 7) is 5.45. The average molecular weight is 410 g/mol. The number of thioether (sulfide) groups is 1. The number of benzene rings is 2. The standard InChI is InChI=1S/C21H22N4O3S/c1-13-8-7-9-14(2)18(13)23-17(26)12-22-19(27)15(3)29-21-25-24-20(28-21)16-10-5-4-6-11-16/h4-11,15H,12H2,1-3H3,(H,22,27)(H,23,26). The topological polar surface area (TPSA) is 97.1 Å². The number of carbonyl (C=O) groups is 2. The summed E-state index contributed by atoms with van der Waals surface area (Å²) >= 11 is 1.14. The molecular weight excluding hydrogens is 388 g/mol. The van der Waals surface area contributed by atoms with Gasteiger partial charge >= 0.3 is 0 Å². The van der Waals surface area contributed by atoms with Gasteiger partial charge in [0, 0.05) is 11.3 Å². The van der Waals surface area contributed by atoms with Crippen LogP contribution in [0.4, 0.5) is 5.69 Å². The monoisotopic (exact) mass is 410 g/mol. The summed E-state index contributed by atoms with van der Waals surface area (Å²) in [6, 6.07) is 15.2. The second kappa shape index (κ2) is 9.38. The molecular formula is C21H22N4O3S. The number of nitrogens with zero attached hydrogens (tertiary/aromatic N) is 2. The predicted molar refractivity (Wildman–Crippen MR) is 113 cm³/mol. The molecule has 0 fully saturated rings. The number of para-hydroxylation sites is 1. The normalized spacial score (nSPS) is 11.7. The molecule has 2 amide bonds. The van der Waals surface area contributed by atoms with Gasteiger partial charge in [0.1, 0.15) is 0 Å². The molecule has 8 heteroatoms. The molecule has 0 saturated carbocycles. The summed E-state index contributed by atoms with van der Waals surface area (Å²) < 4.78 is 5.60. The third-order valence-electron chi connectivity index (χ3n) is 4.24. The van der Waals surface area contributed by atoms with Gasteiger partial charge in [-0.3, -0.25) is 9.59 Å². The van der Waals surface area contributed by atoms with Gasteiger partial charge in [0.05, 0.1) is 11.8 Å². The van der Waals surface area contributed by atoms with Crippen molar-refractivity contribution in [1.82, 2.24) is 15.5 Å². The zero-order valence-corrected chi connectivity index (χ0v) is 17.2. The fourth-order valence-corrected chi connectivity index (χ4v) is 3.37. The first kappa shape index (κ1) is 20.6. The smallest absolute Gasteiger partial charge is 0.277 e. The van der Waals surface area contributed by atoms with Crippen LogP contribution in [-0.2, 0) is 9.59 Å². The van der Waals surface area contributed by atoms with Crippen molar-refractivity contribution in [2.45, 2.75) is 31.2 Å². The molecule has 2 N–H and O–H groups in total. The van der Waals surface area contributed by atoms with Gasteiger partial charge in [0.15, 0.2) is 0 Å². The van der Waals surface area contributed by atoms with E-state index in [2.05, 4.69) is 20.8 Å². The lowest BCUT2D eigenvalue weighted by Gasteiger charge is -2.13. The first-order valence-corrected chi connectivity index (χ1v) is 10.0. The van der Waals surface area contributed by atoms with E-state index in [1.54, 1.807) is 6.92 Å². The third-order valence-corrected chi connectivity index (χ3v) is 5.18. The van der Waals surface area contributed by atoms with Gasteiger partial charge in [-0.15, -0.1) is 10.2 Å². The number of rotatable bonds is 7. The van der Waals surface area contributed by atoms with Gasteiger partial charge < -0.3 is 15.1 Å². The zero-order chi connectivity index (χ0) is 20.8. The maximum absolute atomic E-state index is 12.3. The van der Waals surface area contributed by atoms with Crippen LogP contribution in [0.25, 0.3) is 11.5 Å². The first-order valence-electron chi connectivity index (χ1n) is 9.13. The van der Waals surface area contributed by atoms with Crippen molar-refractivity contribution in [2.24, 2.45) is 0 Å². The van der Waals surface area contributed by atoms with E-state index in [9.17, 15) is 9.59 Å². The molecule has 0 aliphatic heterocycles. The molecule has 0 radical (unpaired) electrons. The first-order chi connectivity index (χ1) is 13.9.